The number of hydrogen-bond acceptors (Lipinski definition) is 4. The van der Waals surface area contributed by atoms with Crippen molar-refractivity contribution in [2.45, 2.75) is 57.8 Å². The lowest BCUT2D eigenvalue weighted by Crippen LogP contribution is -2.21. The second-order valence-corrected chi connectivity index (χ2v) is 5.55. The van der Waals surface area contributed by atoms with Crippen molar-refractivity contribution in [2.24, 2.45) is 11.8 Å². The molecule has 0 aromatic rings. The maximum absolute atomic E-state index is 11.7. The highest BCUT2D eigenvalue weighted by atomic mass is 16.6. The fourth-order valence-electron chi connectivity index (χ4n) is 2.95. The van der Waals surface area contributed by atoms with Gasteiger partial charge in [0.25, 0.3) is 0 Å². The third-order valence-electron chi connectivity index (χ3n) is 4.12. The molecule has 0 heterocycles. The molecule has 1 radical (unpaired) electrons. The van der Waals surface area contributed by atoms with Crippen LogP contribution in [-0.2, 0) is 19.1 Å². The number of esters is 2. The summed E-state index contributed by atoms with van der Waals surface area (Å²) < 4.78 is 10.1. The summed E-state index contributed by atoms with van der Waals surface area (Å²) in [4.78, 5) is 23.3. The summed E-state index contributed by atoms with van der Waals surface area (Å²) in [5.41, 5.74) is 0. The number of rotatable bonds is 5. The Labute approximate surface area is 114 Å². The second kappa shape index (κ2) is 7.51. The second-order valence-electron chi connectivity index (χ2n) is 5.55. The summed E-state index contributed by atoms with van der Waals surface area (Å²) in [6, 6.07) is 0. The molecule has 0 N–H and O–H groups in total. The monoisotopic (exact) mass is 267 g/mol. The molecule has 0 bridgehead atoms. The summed E-state index contributed by atoms with van der Waals surface area (Å²) in [5, 5.41) is 0. The highest BCUT2D eigenvalue weighted by Gasteiger charge is 2.25. The van der Waals surface area contributed by atoms with Crippen molar-refractivity contribution in [3.8, 4) is 0 Å². The average Bonchev–Trinajstić information content (AvgIpc) is 2.98. The quantitative estimate of drug-likeness (QED) is 0.567. The maximum Gasteiger partial charge on any atom is 0.309 e. The third kappa shape index (κ3) is 4.51. The molecule has 2 aliphatic carbocycles. The van der Waals surface area contributed by atoms with Gasteiger partial charge in [-0.1, -0.05) is 32.1 Å². The first-order valence-electron chi connectivity index (χ1n) is 7.46. The summed E-state index contributed by atoms with van der Waals surface area (Å²) in [5.74, 6) is -0.225. The molecule has 2 aliphatic rings. The molecule has 2 rings (SSSR count). The summed E-state index contributed by atoms with van der Waals surface area (Å²) in [6.45, 7) is 1.40. The molecule has 0 unspecified atom stereocenters. The van der Waals surface area contributed by atoms with Crippen molar-refractivity contribution in [3.63, 3.8) is 0 Å². The molecule has 0 saturated heterocycles. The number of carbonyl (C=O) groups excluding carboxylic acids is 2. The van der Waals surface area contributed by atoms with Crippen molar-refractivity contribution in [2.75, 3.05) is 6.61 Å². The maximum atomic E-state index is 11.7. The van der Waals surface area contributed by atoms with Crippen molar-refractivity contribution in [1.82, 2.24) is 0 Å². The molecule has 0 atom stereocenters. The van der Waals surface area contributed by atoms with Crippen LogP contribution in [-0.4, -0.2) is 18.5 Å². The SMILES string of the molecule is O=C(O[CH]COC(=O)C1CCCC1)C1CCCCC1. The molecule has 19 heavy (non-hydrogen) atoms. The summed E-state index contributed by atoms with van der Waals surface area (Å²) >= 11 is 0. The van der Waals surface area contributed by atoms with E-state index in [2.05, 4.69) is 0 Å². The molecule has 0 aliphatic heterocycles. The molecule has 0 spiro atoms. The van der Waals surface area contributed by atoms with E-state index in [1.54, 1.807) is 0 Å². The van der Waals surface area contributed by atoms with Crippen molar-refractivity contribution < 1.29 is 19.1 Å². The molecular weight excluding hydrogens is 244 g/mol. The first-order valence-corrected chi connectivity index (χ1v) is 7.46. The van der Waals surface area contributed by atoms with E-state index in [0.717, 1.165) is 51.4 Å². The summed E-state index contributed by atoms with van der Waals surface area (Å²) in [7, 11) is 0. The Morgan fingerprint density at radius 2 is 1.37 bits per heavy atom. The van der Waals surface area contributed by atoms with Crippen molar-refractivity contribution in [3.05, 3.63) is 6.61 Å². The van der Waals surface area contributed by atoms with Gasteiger partial charge in [-0.05, 0) is 25.7 Å². The Kier molecular flexibility index (Phi) is 5.67. The minimum absolute atomic E-state index is 0.0375. The van der Waals surface area contributed by atoms with Crippen LogP contribution in [0.1, 0.15) is 57.8 Å². The molecule has 0 aromatic carbocycles. The predicted octanol–water partition coefficient (Wildman–Crippen LogP) is 3.01. The fourth-order valence-corrected chi connectivity index (χ4v) is 2.95. The van der Waals surface area contributed by atoms with Gasteiger partial charge in [-0.3, -0.25) is 9.59 Å². The van der Waals surface area contributed by atoms with Crippen LogP contribution >= 0.6 is 0 Å². The zero-order chi connectivity index (χ0) is 13.5. The van der Waals surface area contributed by atoms with Crippen LogP contribution in [0.4, 0.5) is 0 Å². The lowest BCUT2D eigenvalue weighted by Gasteiger charge is -2.19. The van der Waals surface area contributed by atoms with E-state index >= 15 is 0 Å². The van der Waals surface area contributed by atoms with Gasteiger partial charge >= 0.3 is 11.9 Å². The third-order valence-corrected chi connectivity index (χ3v) is 4.12. The Morgan fingerprint density at radius 1 is 0.842 bits per heavy atom. The van der Waals surface area contributed by atoms with Gasteiger partial charge in [-0.15, -0.1) is 0 Å². The van der Waals surface area contributed by atoms with Crippen LogP contribution < -0.4 is 0 Å². The van der Waals surface area contributed by atoms with Crippen LogP contribution in [0.25, 0.3) is 0 Å². The Hall–Kier alpha value is -1.06. The van der Waals surface area contributed by atoms with Crippen LogP contribution in [0.3, 0.4) is 0 Å². The van der Waals surface area contributed by atoms with E-state index in [4.69, 9.17) is 9.47 Å². The molecule has 4 nitrogen and oxygen atoms in total. The number of ether oxygens (including phenoxy) is 2. The number of carbonyl (C=O) groups is 2. The van der Waals surface area contributed by atoms with E-state index in [9.17, 15) is 9.59 Å². The highest BCUT2D eigenvalue weighted by Crippen LogP contribution is 2.26. The molecular formula is C15H23O4. The van der Waals surface area contributed by atoms with Crippen LogP contribution in [0.15, 0.2) is 0 Å². The van der Waals surface area contributed by atoms with Gasteiger partial charge < -0.3 is 9.47 Å². The minimum atomic E-state index is -0.170. The molecule has 2 fully saturated rings. The predicted molar refractivity (Wildman–Crippen MR) is 69.9 cm³/mol. The Morgan fingerprint density at radius 3 is 2.00 bits per heavy atom. The van der Waals surface area contributed by atoms with Gasteiger partial charge in [-0.2, -0.15) is 0 Å². The minimum Gasteiger partial charge on any atom is -0.461 e. The topological polar surface area (TPSA) is 52.6 Å². The van der Waals surface area contributed by atoms with Gasteiger partial charge in [0.15, 0.2) is 6.61 Å². The lowest BCUT2D eigenvalue weighted by molar-refractivity contribution is -0.153. The van der Waals surface area contributed by atoms with Crippen LogP contribution in [0, 0.1) is 18.4 Å². The average molecular weight is 267 g/mol. The van der Waals surface area contributed by atoms with Crippen molar-refractivity contribution in [1.29, 1.82) is 0 Å². The van der Waals surface area contributed by atoms with Gasteiger partial charge in [0.2, 0.25) is 0 Å². The van der Waals surface area contributed by atoms with Crippen LogP contribution in [0.5, 0.6) is 0 Å². The fraction of sp³-hybridized carbons (Fsp3) is 0.800. The van der Waals surface area contributed by atoms with E-state index in [1.807, 2.05) is 0 Å². The van der Waals surface area contributed by atoms with E-state index < -0.39 is 0 Å². The summed E-state index contributed by atoms with van der Waals surface area (Å²) in [6.07, 6.45) is 9.37. The van der Waals surface area contributed by atoms with E-state index in [1.165, 1.54) is 13.0 Å². The molecule has 4 heteroatoms. The first-order chi connectivity index (χ1) is 9.27. The largest absolute Gasteiger partial charge is 0.461 e. The smallest absolute Gasteiger partial charge is 0.309 e. The van der Waals surface area contributed by atoms with Crippen molar-refractivity contribution >= 4 is 11.9 Å². The lowest BCUT2D eigenvalue weighted by atomic mass is 9.89. The Balaban J connectivity index is 1.55. The molecule has 107 valence electrons. The van der Waals surface area contributed by atoms with Gasteiger partial charge in [0, 0.05) is 0 Å². The normalized spacial score (nSPS) is 21.3. The number of hydrogen-bond donors (Lipinski definition) is 0. The van der Waals surface area contributed by atoms with Gasteiger partial charge in [0.1, 0.15) is 6.61 Å². The van der Waals surface area contributed by atoms with Crippen LogP contribution in [0.2, 0.25) is 0 Å². The highest BCUT2D eigenvalue weighted by molar-refractivity contribution is 5.73. The molecule has 2 saturated carbocycles. The zero-order valence-corrected chi connectivity index (χ0v) is 11.4. The molecule has 0 amide bonds. The van der Waals surface area contributed by atoms with Gasteiger partial charge in [0.05, 0.1) is 11.8 Å². The molecule has 0 aromatic heterocycles. The van der Waals surface area contributed by atoms with E-state index in [-0.39, 0.29) is 30.4 Å². The van der Waals surface area contributed by atoms with E-state index in [0.29, 0.717) is 0 Å². The Bertz CT molecular complexity index is 301. The van der Waals surface area contributed by atoms with Gasteiger partial charge in [-0.25, -0.2) is 0 Å². The standard InChI is InChI=1S/C15H23O4/c16-14(12-6-2-1-3-7-12)18-10-11-19-15(17)13-8-4-5-9-13/h10,12-13H,1-9,11H2. The first kappa shape index (κ1) is 14.4. The zero-order valence-electron chi connectivity index (χ0n) is 11.4.